The maximum Gasteiger partial charge on any atom is 0.237 e. The van der Waals surface area contributed by atoms with Crippen molar-refractivity contribution in [3.05, 3.63) is 35.9 Å². The number of imide groups is 1. The predicted molar refractivity (Wildman–Crippen MR) is 80.8 cm³/mol. The number of carbonyl (C=O) groups excluding carboxylic acids is 2. The van der Waals surface area contributed by atoms with E-state index in [2.05, 4.69) is 5.32 Å². The smallest absolute Gasteiger partial charge is 0.237 e. The molecule has 112 valence electrons. The van der Waals surface area contributed by atoms with Crippen molar-refractivity contribution in [2.24, 2.45) is 0 Å². The zero-order chi connectivity index (χ0) is 14.8. The van der Waals surface area contributed by atoms with E-state index >= 15 is 0 Å². The fourth-order valence-electron chi connectivity index (χ4n) is 3.50. The van der Waals surface area contributed by atoms with E-state index < -0.39 is 0 Å². The summed E-state index contributed by atoms with van der Waals surface area (Å²) in [6.07, 6.45) is 3.69. The van der Waals surface area contributed by atoms with Gasteiger partial charge in [0.15, 0.2) is 0 Å². The van der Waals surface area contributed by atoms with Crippen LogP contribution in [0.4, 0.5) is 0 Å². The highest BCUT2D eigenvalue weighted by atomic mass is 16.2. The average Bonchev–Trinajstić information content (AvgIpc) is 2.83. The molecular weight excluding hydrogens is 264 g/mol. The van der Waals surface area contributed by atoms with Crippen LogP contribution in [-0.4, -0.2) is 35.3 Å². The second kappa shape index (κ2) is 5.98. The summed E-state index contributed by atoms with van der Waals surface area (Å²) in [7, 11) is 0. The van der Waals surface area contributed by atoms with E-state index in [0.29, 0.717) is 6.42 Å². The largest absolute Gasteiger partial charge is 0.312 e. The molecule has 2 saturated heterocycles. The Hall–Kier alpha value is -1.68. The Morgan fingerprint density at radius 3 is 2.62 bits per heavy atom. The second-order valence-electron chi connectivity index (χ2n) is 6.07. The lowest BCUT2D eigenvalue weighted by Crippen LogP contribution is -2.52. The summed E-state index contributed by atoms with van der Waals surface area (Å²) in [5.41, 5.74) is 0.946. The van der Waals surface area contributed by atoms with Gasteiger partial charge >= 0.3 is 0 Å². The number of rotatable bonds is 3. The summed E-state index contributed by atoms with van der Waals surface area (Å²) in [4.78, 5) is 26.5. The van der Waals surface area contributed by atoms with Crippen LogP contribution in [0.3, 0.4) is 0 Å². The van der Waals surface area contributed by atoms with Crippen LogP contribution in [0.25, 0.3) is 0 Å². The molecule has 3 unspecified atom stereocenters. The van der Waals surface area contributed by atoms with E-state index in [1.807, 2.05) is 37.3 Å². The Morgan fingerprint density at radius 2 is 1.95 bits per heavy atom. The van der Waals surface area contributed by atoms with E-state index in [1.165, 1.54) is 17.7 Å². The van der Waals surface area contributed by atoms with Crippen LogP contribution in [0.1, 0.15) is 44.1 Å². The molecule has 2 fully saturated rings. The van der Waals surface area contributed by atoms with Gasteiger partial charge in [-0.05, 0) is 31.9 Å². The van der Waals surface area contributed by atoms with Crippen LogP contribution in [0.15, 0.2) is 30.3 Å². The quantitative estimate of drug-likeness (QED) is 0.865. The highest BCUT2D eigenvalue weighted by Gasteiger charge is 2.43. The van der Waals surface area contributed by atoms with Crippen molar-refractivity contribution >= 4 is 11.8 Å². The Bertz CT molecular complexity index is 523. The van der Waals surface area contributed by atoms with E-state index in [-0.39, 0.29) is 29.8 Å². The molecule has 4 heteroatoms. The van der Waals surface area contributed by atoms with E-state index in [0.717, 1.165) is 18.5 Å². The second-order valence-corrected chi connectivity index (χ2v) is 6.07. The molecule has 0 saturated carbocycles. The molecule has 1 N–H and O–H groups in total. The molecule has 2 heterocycles. The van der Waals surface area contributed by atoms with Gasteiger partial charge in [0, 0.05) is 12.5 Å². The van der Waals surface area contributed by atoms with Crippen LogP contribution < -0.4 is 5.32 Å². The highest BCUT2D eigenvalue weighted by molar-refractivity contribution is 6.06. The third-order valence-corrected chi connectivity index (χ3v) is 4.72. The molecule has 2 aliphatic rings. The van der Waals surface area contributed by atoms with Gasteiger partial charge in [-0.3, -0.25) is 14.5 Å². The fourth-order valence-corrected chi connectivity index (χ4v) is 3.50. The van der Waals surface area contributed by atoms with Crippen molar-refractivity contribution in [2.45, 2.75) is 50.6 Å². The molecule has 3 atom stereocenters. The molecule has 4 nitrogen and oxygen atoms in total. The lowest BCUT2D eigenvalue weighted by atomic mass is 9.96. The summed E-state index contributed by atoms with van der Waals surface area (Å²) < 4.78 is 0. The summed E-state index contributed by atoms with van der Waals surface area (Å²) in [5, 5.41) is 3.45. The number of amides is 2. The van der Waals surface area contributed by atoms with Crippen molar-refractivity contribution in [3.8, 4) is 0 Å². The third kappa shape index (κ3) is 2.72. The van der Waals surface area contributed by atoms with E-state index in [4.69, 9.17) is 0 Å². The number of carbonyl (C=O) groups is 2. The molecule has 1 aromatic carbocycles. The van der Waals surface area contributed by atoms with Gasteiger partial charge in [-0.1, -0.05) is 36.8 Å². The lowest BCUT2D eigenvalue weighted by Gasteiger charge is -2.34. The molecule has 0 aromatic heterocycles. The number of nitrogens with zero attached hydrogens (tertiary/aromatic N) is 1. The van der Waals surface area contributed by atoms with Crippen molar-refractivity contribution in [1.29, 1.82) is 0 Å². The number of likely N-dealkylation sites (tertiary alicyclic amines) is 1. The van der Waals surface area contributed by atoms with Gasteiger partial charge in [-0.2, -0.15) is 0 Å². The van der Waals surface area contributed by atoms with Crippen LogP contribution in [-0.2, 0) is 9.59 Å². The van der Waals surface area contributed by atoms with Gasteiger partial charge in [-0.25, -0.2) is 0 Å². The van der Waals surface area contributed by atoms with Crippen molar-refractivity contribution in [2.75, 3.05) is 6.54 Å². The van der Waals surface area contributed by atoms with Gasteiger partial charge in [0.1, 0.15) is 0 Å². The predicted octanol–water partition coefficient (Wildman–Crippen LogP) is 2.06. The minimum atomic E-state index is -0.301. The molecule has 0 radical (unpaired) electrons. The summed E-state index contributed by atoms with van der Waals surface area (Å²) in [6.45, 7) is 2.97. The Balaban J connectivity index is 1.77. The Kier molecular flexibility index (Phi) is 4.06. The number of nitrogens with one attached hydrogen (secondary N) is 1. The average molecular weight is 286 g/mol. The first kappa shape index (κ1) is 14.3. The third-order valence-electron chi connectivity index (χ3n) is 4.72. The molecule has 3 rings (SSSR count). The number of hydrogen-bond donors (Lipinski definition) is 1. The number of benzene rings is 1. The minimum Gasteiger partial charge on any atom is -0.312 e. The van der Waals surface area contributed by atoms with Crippen LogP contribution >= 0.6 is 0 Å². The molecule has 2 aliphatic heterocycles. The fraction of sp³-hybridized carbons (Fsp3) is 0.529. The van der Waals surface area contributed by atoms with Gasteiger partial charge in [-0.15, -0.1) is 0 Å². The van der Waals surface area contributed by atoms with Crippen LogP contribution in [0, 0.1) is 0 Å². The van der Waals surface area contributed by atoms with Gasteiger partial charge in [0.2, 0.25) is 11.8 Å². The minimum absolute atomic E-state index is 0.0336. The number of hydrogen-bond acceptors (Lipinski definition) is 3. The molecule has 0 aliphatic carbocycles. The monoisotopic (exact) mass is 286 g/mol. The Labute approximate surface area is 125 Å². The highest BCUT2D eigenvalue weighted by Crippen LogP contribution is 2.32. The van der Waals surface area contributed by atoms with Crippen LogP contribution in [0.2, 0.25) is 0 Å². The lowest BCUT2D eigenvalue weighted by molar-refractivity contribution is -0.141. The first-order valence-corrected chi connectivity index (χ1v) is 7.82. The van der Waals surface area contributed by atoms with E-state index in [1.54, 1.807) is 0 Å². The SMILES string of the molecule is CC(C1CCCCN1)N1C(=O)CC(c2ccccc2)C1=O. The molecule has 0 bridgehead atoms. The van der Waals surface area contributed by atoms with Crippen LogP contribution in [0.5, 0.6) is 0 Å². The maximum atomic E-state index is 12.7. The molecule has 1 aromatic rings. The molecule has 0 spiro atoms. The summed E-state index contributed by atoms with van der Waals surface area (Å²) in [6, 6.07) is 9.81. The van der Waals surface area contributed by atoms with Gasteiger partial charge in [0.25, 0.3) is 0 Å². The summed E-state index contributed by atoms with van der Waals surface area (Å²) >= 11 is 0. The van der Waals surface area contributed by atoms with Gasteiger partial charge in [0.05, 0.1) is 12.0 Å². The first-order valence-electron chi connectivity index (χ1n) is 7.82. The first-order chi connectivity index (χ1) is 10.2. The Morgan fingerprint density at radius 1 is 1.19 bits per heavy atom. The zero-order valence-corrected chi connectivity index (χ0v) is 12.4. The molecule has 2 amide bonds. The van der Waals surface area contributed by atoms with Crippen molar-refractivity contribution in [1.82, 2.24) is 10.2 Å². The topological polar surface area (TPSA) is 49.4 Å². The number of piperidine rings is 1. The van der Waals surface area contributed by atoms with Crippen molar-refractivity contribution < 1.29 is 9.59 Å². The standard InChI is InChI=1S/C17H22N2O2/c1-12(15-9-5-6-10-18-15)19-16(20)11-14(17(19)21)13-7-3-2-4-8-13/h2-4,7-8,12,14-15,18H,5-6,9-11H2,1H3. The zero-order valence-electron chi connectivity index (χ0n) is 12.4. The maximum absolute atomic E-state index is 12.7. The molecule has 21 heavy (non-hydrogen) atoms. The summed E-state index contributed by atoms with van der Waals surface area (Å²) in [5.74, 6) is -0.371. The normalized spacial score (nSPS) is 28.0. The molecular formula is C17H22N2O2. The van der Waals surface area contributed by atoms with E-state index in [9.17, 15) is 9.59 Å². The van der Waals surface area contributed by atoms with Crippen molar-refractivity contribution in [3.63, 3.8) is 0 Å². The van der Waals surface area contributed by atoms with Gasteiger partial charge < -0.3 is 5.32 Å².